The molecule has 0 aliphatic carbocycles. The minimum absolute atomic E-state index is 0.0147. The Kier molecular flexibility index (Phi) is 4.20. The van der Waals surface area contributed by atoms with Crippen LogP contribution in [0.5, 0.6) is 0 Å². The first-order valence-electron chi connectivity index (χ1n) is 5.52. The molecule has 0 unspecified atom stereocenters. The largest absolute Gasteiger partial charge is 0.398 e. The van der Waals surface area contributed by atoms with Crippen LogP contribution in [0.1, 0.15) is 31.1 Å². The van der Waals surface area contributed by atoms with Crippen molar-refractivity contribution in [3.8, 4) is 0 Å². The summed E-state index contributed by atoms with van der Waals surface area (Å²) in [5, 5.41) is 0. The standard InChI is InChI=1S/C13H19BrN2O/c1-13(2,3)8-16(4)12(17)9-6-5-7-10(15)11(9)14/h5-7H,8,15H2,1-4H3. The number of anilines is 1. The lowest BCUT2D eigenvalue weighted by molar-refractivity contribution is 0.0745. The number of carbonyl (C=O) groups excluding carboxylic acids is 1. The Morgan fingerprint density at radius 1 is 1.41 bits per heavy atom. The molecule has 1 aromatic carbocycles. The van der Waals surface area contributed by atoms with Crippen molar-refractivity contribution in [3.63, 3.8) is 0 Å². The molecule has 0 spiro atoms. The van der Waals surface area contributed by atoms with Crippen molar-refractivity contribution in [1.29, 1.82) is 0 Å². The Balaban J connectivity index is 2.93. The molecule has 0 heterocycles. The number of nitrogens with zero attached hydrogens (tertiary/aromatic N) is 1. The Labute approximate surface area is 111 Å². The van der Waals surface area contributed by atoms with Crippen LogP contribution in [0.15, 0.2) is 22.7 Å². The maximum atomic E-state index is 12.2. The van der Waals surface area contributed by atoms with E-state index < -0.39 is 0 Å². The maximum absolute atomic E-state index is 12.2. The molecule has 0 fully saturated rings. The minimum atomic E-state index is -0.0147. The molecule has 0 atom stereocenters. The van der Waals surface area contributed by atoms with E-state index in [0.29, 0.717) is 22.3 Å². The molecule has 2 N–H and O–H groups in total. The second-order valence-electron chi connectivity index (χ2n) is 5.43. The third-order valence-electron chi connectivity index (χ3n) is 2.32. The average Bonchev–Trinajstić information content (AvgIpc) is 2.18. The smallest absolute Gasteiger partial charge is 0.254 e. The summed E-state index contributed by atoms with van der Waals surface area (Å²) in [5.41, 5.74) is 7.04. The van der Waals surface area contributed by atoms with Crippen LogP contribution >= 0.6 is 15.9 Å². The fourth-order valence-electron chi connectivity index (χ4n) is 1.70. The number of hydrogen-bond acceptors (Lipinski definition) is 2. The first-order valence-corrected chi connectivity index (χ1v) is 6.31. The van der Waals surface area contributed by atoms with Crippen LogP contribution in [-0.2, 0) is 0 Å². The molecule has 1 aromatic rings. The van der Waals surface area contributed by atoms with E-state index in [-0.39, 0.29) is 11.3 Å². The van der Waals surface area contributed by atoms with Crippen LogP contribution in [0.4, 0.5) is 5.69 Å². The van der Waals surface area contributed by atoms with Crippen molar-refractivity contribution in [2.24, 2.45) is 5.41 Å². The SMILES string of the molecule is CN(CC(C)(C)C)C(=O)c1cccc(N)c1Br. The topological polar surface area (TPSA) is 46.3 Å². The molecule has 0 aliphatic heterocycles. The summed E-state index contributed by atoms with van der Waals surface area (Å²) in [6.45, 7) is 7.01. The highest BCUT2D eigenvalue weighted by Crippen LogP contribution is 2.25. The first-order chi connectivity index (χ1) is 7.72. The number of amides is 1. The summed E-state index contributed by atoms with van der Waals surface area (Å²) >= 11 is 3.36. The van der Waals surface area contributed by atoms with Gasteiger partial charge in [0.25, 0.3) is 5.91 Å². The normalized spacial score (nSPS) is 11.4. The van der Waals surface area contributed by atoms with Crippen molar-refractivity contribution >= 4 is 27.5 Å². The van der Waals surface area contributed by atoms with Gasteiger partial charge in [-0.2, -0.15) is 0 Å². The Morgan fingerprint density at radius 2 is 2.00 bits per heavy atom. The summed E-state index contributed by atoms with van der Waals surface area (Å²) < 4.78 is 0.672. The Bertz CT molecular complexity index is 424. The summed E-state index contributed by atoms with van der Waals surface area (Å²) in [6.07, 6.45) is 0. The van der Waals surface area contributed by atoms with Crippen molar-refractivity contribution in [2.75, 3.05) is 19.3 Å². The summed E-state index contributed by atoms with van der Waals surface area (Å²) in [6, 6.07) is 5.34. The van der Waals surface area contributed by atoms with Gasteiger partial charge in [-0.3, -0.25) is 4.79 Å². The zero-order valence-electron chi connectivity index (χ0n) is 10.7. The zero-order valence-corrected chi connectivity index (χ0v) is 12.3. The summed E-state index contributed by atoms with van der Waals surface area (Å²) in [4.78, 5) is 14.0. The molecular weight excluding hydrogens is 280 g/mol. The maximum Gasteiger partial charge on any atom is 0.254 e. The van der Waals surface area contributed by atoms with Gasteiger partial charge in [-0.15, -0.1) is 0 Å². The van der Waals surface area contributed by atoms with Crippen molar-refractivity contribution < 1.29 is 4.79 Å². The lowest BCUT2D eigenvalue weighted by Crippen LogP contribution is -2.34. The lowest BCUT2D eigenvalue weighted by Gasteiger charge is -2.27. The average molecular weight is 299 g/mol. The minimum Gasteiger partial charge on any atom is -0.398 e. The molecule has 0 radical (unpaired) electrons. The molecule has 3 nitrogen and oxygen atoms in total. The molecule has 0 saturated carbocycles. The third kappa shape index (κ3) is 3.73. The molecule has 0 saturated heterocycles. The van der Waals surface area contributed by atoms with Crippen LogP contribution in [0.3, 0.4) is 0 Å². The van der Waals surface area contributed by atoms with E-state index in [2.05, 4.69) is 36.7 Å². The van der Waals surface area contributed by atoms with Gasteiger partial charge in [0, 0.05) is 19.3 Å². The van der Waals surface area contributed by atoms with E-state index in [9.17, 15) is 4.79 Å². The van der Waals surface area contributed by atoms with Gasteiger partial charge in [0.15, 0.2) is 0 Å². The predicted octanol–water partition coefficient (Wildman–Crippen LogP) is 3.15. The van der Waals surface area contributed by atoms with Crippen LogP contribution < -0.4 is 5.73 Å². The highest BCUT2D eigenvalue weighted by atomic mass is 79.9. The monoisotopic (exact) mass is 298 g/mol. The number of benzene rings is 1. The van der Waals surface area contributed by atoms with Gasteiger partial charge in [-0.1, -0.05) is 26.8 Å². The lowest BCUT2D eigenvalue weighted by atomic mass is 9.96. The van der Waals surface area contributed by atoms with Gasteiger partial charge in [0.1, 0.15) is 0 Å². The Morgan fingerprint density at radius 3 is 2.53 bits per heavy atom. The zero-order chi connectivity index (χ0) is 13.2. The van der Waals surface area contributed by atoms with Crippen molar-refractivity contribution in [3.05, 3.63) is 28.2 Å². The number of nitrogens with two attached hydrogens (primary N) is 1. The molecule has 1 amide bonds. The molecular formula is C13H19BrN2O. The van der Waals surface area contributed by atoms with Crippen molar-refractivity contribution in [1.82, 2.24) is 4.90 Å². The van der Waals surface area contributed by atoms with Crippen LogP contribution in [-0.4, -0.2) is 24.4 Å². The van der Waals surface area contributed by atoms with Gasteiger partial charge in [0.2, 0.25) is 0 Å². The van der Waals surface area contributed by atoms with Gasteiger partial charge in [-0.05, 0) is 33.5 Å². The first kappa shape index (κ1) is 14.0. The molecule has 1 rings (SSSR count). The van der Waals surface area contributed by atoms with E-state index in [4.69, 9.17) is 5.73 Å². The molecule has 94 valence electrons. The van der Waals surface area contributed by atoms with Gasteiger partial charge >= 0.3 is 0 Å². The van der Waals surface area contributed by atoms with E-state index in [1.165, 1.54) is 0 Å². The van der Waals surface area contributed by atoms with Gasteiger partial charge < -0.3 is 10.6 Å². The molecule has 17 heavy (non-hydrogen) atoms. The predicted molar refractivity (Wildman–Crippen MR) is 75.0 cm³/mol. The molecule has 0 aliphatic rings. The van der Waals surface area contributed by atoms with E-state index in [0.717, 1.165) is 0 Å². The van der Waals surface area contributed by atoms with Crippen LogP contribution in [0, 0.1) is 5.41 Å². The third-order valence-corrected chi connectivity index (χ3v) is 3.20. The number of rotatable bonds is 2. The Hall–Kier alpha value is -1.03. The van der Waals surface area contributed by atoms with Crippen LogP contribution in [0.25, 0.3) is 0 Å². The number of carbonyl (C=O) groups is 1. The highest BCUT2D eigenvalue weighted by molar-refractivity contribution is 9.10. The van der Waals surface area contributed by atoms with E-state index >= 15 is 0 Å². The van der Waals surface area contributed by atoms with Crippen LogP contribution in [0.2, 0.25) is 0 Å². The number of nitrogen functional groups attached to an aromatic ring is 1. The fraction of sp³-hybridized carbons (Fsp3) is 0.462. The quantitative estimate of drug-likeness (QED) is 0.853. The number of halogens is 1. The molecule has 0 bridgehead atoms. The molecule has 4 heteroatoms. The van der Waals surface area contributed by atoms with E-state index in [1.54, 1.807) is 23.1 Å². The highest BCUT2D eigenvalue weighted by Gasteiger charge is 2.20. The van der Waals surface area contributed by atoms with E-state index in [1.807, 2.05) is 7.05 Å². The summed E-state index contributed by atoms with van der Waals surface area (Å²) in [5.74, 6) is -0.0147. The summed E-state index contributed by atoms with van der Waals surface area (Å²) in [7, 11) is 1.81. The van der Waals surface area contributed by atoms with Gasteiger partial charge in [-0.25, -0.2) is 0 Å². The fourth-order valence-corrected chi connectivity index (χ4v) is 2.14. The number of hydrogen-bond donors (Lipinski definition) is 1. The van der Waals surface area contributed by atoms with Gasteiger partial charge in [0.05, 0.1) is 10.0 Å². The second kappa shape index (κ2) is 5.08. The molecule has 0 aromatic heterocycles. The van der Waals surface area contributed by atoms with Crippen molar-refractivity contribution in [2.45, 2.75) is 20.8 Å². The second-order valence-corrected chi connectivity index (χ2v) is 6.22.